The van der Waals surface area contributed by atoms with Crippen molar-refractivity contribution in [2.75, 3.05) is 0 Å². The number of nitriles is 1. The van der Waals surface area contributed by atoms with Crippen LogP contribution in [0.15, 0.2) is 77.7 Å². The molecule has 0 unspecified atom stereocenters. The fourth-order valence-corrected chi connectivity index (χ4v) is 5.25. The van der Waals surface area contributed by atoms with Gasteiger partial charge in [-0.15, -0.1) is 0 Å². The second-order valence-corrected chi connectivity index (χ2v) is 10.2. The molecule has 29 heavy (non-hydrogen) atoms. The molecule has 0 atom stereocenters. The monoisotopic (exact) mass is 463 g/mol. The van der Waals surface area contributed by atoms with Crippen LogP contribution in [0.1, 0.15) is 11.1 Å². The zero-order valence-corrected chi connectivity index (χ0v) is 18.2. The van der Waals surface area contributed by atoms with E-state index in [4.69, 9.17) is 34.8 Å². The summed E-state index contributed by atoms with van der Waals surface area (Å²) in [6.45, 7) is 0. The number of halogens is 3. The minimum atomic E-state index is -4.03. The van der Waals surface area contributed by atoms with Gasteiger partial charge in [0.1, 0.15) is 0 Å². The Labute approximate surface area is 185 Å². The first kappa shape index (κ1) is 21.7. The molecule has 148 valence electrons. The van der Waals surface area contributed by atoms with Gasteiger partial charge in [0.15, 0.2) is 14.6 Å². The predicted molar refractivity (Wildman–Crippen MR) is 117 cm³/mol. The van der Waals surface area contributed by atoms with Crippen molar-refractivity contribution in [1.29, 1.82) is 5.26 Å². The maximum Gasteiger partial charge on any atom is 0.198 e. The molecule has 0 aliphatic rings. The summed E-state index contributed by atoms with van der Waals surface area (Å²) in [4.78, 5) is 0.0476. The maximum absolute atomic E-state index is 13.6. The molecule has 0 radical (unpaired) electrons. The molecule has 0 heterocycles. The Balaban J connectivity index is 2.12. The van der Waals surface area contributed by atoms with Gasteiger partial charge in [0.25, 0.3) is 0 Å². The fourth-order valence-electron chi connectivity index (χ4n) is 3.09. The molecule has 0 bridgehead atoms. The Hall–Kier alpha value is -2.03. The van der Waals surface area contributed by atoms with Crippen LogP contribution < -0.4 is 0 Å². The molecule has 0 fully saturated rings. The highest BCUT2D eigenvalue weighted by atomic mass is 35.5. The quantitative estimate of drug-likeness (QED) is 0.438. The molecule has 0 amide bonds. The summed E-state index contributed by atoms with van der Waals surface area (Å²) in [6, 6.07) is 21.6. The first-order valence-electron chi connectivity index (χ1n) is 8.66. The first-order valence-corrected chi connectivity index (χ1v) is 11.3. The normalized spacial score (nSPS) is 11.8. The summed E-state index contributed by atoms with van der Waals surface area (Å²) in [5.74, 6) is 0. The largest absolute Gasteiger partial charge is 0.222 e. The van der Waals surface area contributed by atoms with Crippen molar-refractivity contribution < 1.29 is 8.42 Å². The molecule has 0 spiro atoms. The second kappa shape index (κ2) is 8.77. The third-order valence-corrected chi connectivity index (χ3v) is 7.71. The molecular formula is C22H16Cl3NO2S. The van der Waals surface area contributed by atoms with Gasteiger partial charge in [-0.25, -0.2) is 8.42 Å². The van der Waals surface area contributed by atoms with Crippen LogP contribution in [0.3, 0.4) is 0 Å². The van der Waals surface area contributed by atoms with Gasteiger partial charge >= 0.3 is 0 Å². The summed E-state index contributed by atoms with van der Waals surface area (Å²) in [5.41, 5.74) is 1.39. The van der Waals surface area contributed by atoms with Crippen LogP contribution in [-0.2, 0) is 22.7 Å². The third kappa shape index (κ3) is 4.76. The number of hydrogen-bond donors (Lipinski definition) is 0. The van der Waals surface area contributed by atoms with Crippen molar-refractivity contribution in [3.8, 4) is 6.07 Å². The SMILES string of the molecule is N#CC(Cc1ccc(Cl)cc1)(Cc1ccc(Cl)cc1)S(=O)(=O)c1ccc(Cl)cc1. The Morgan fingerprint density at radius 1 is 0.690 bits per heavy atom. The molecule has 3 aromatic carbocycles. The van der Waals surface area contributed by atoms with E-state index < -0.39 is 14.6 Å². The third-order valence-electron chi connectivity index (χ3n) is 4.65. The molecule has 0 aromatic heterocycles. The zero-order chi connectivity index (χ0) is 21.1. The summed E-state index contributed by atoms with van der Waals surface area (Å²) in [5, 5.41) is 11.6. The highest BCUT2D eigenvalue weighted by Gasteiger charge is 2.45. The van der Waals surface area contributed by atoms with Crippen LogP contribution in [0.5, 0.6) is 0 Å². The van der Waals surface area contributed by atoms with Crippen molar-refractivity contribution in [2.45, 2.75) is 22.5 Å². The minimum Gasteiger partial charge on any atom is -0.222 e. The average Bonchev–Trinajstić information content (AvgIpc) is 2.71. The lowest BCUT2D eigenvalue weighted by Crippen LogP contribution is -2.42. The van der Waals surface area contributed by atoms with Gasteiger partial charge in [0, 0.05) is 27.9 Å². The van der Waals surface area contributed by atoms with Crippen molar-refractivity contribution >= 4 is 44.6 Å². The van der Waals surface area contributed by atoms with Crippen LogP contribution in [0.2, 0.25) is 15.1 Å². The summed E-state index contributed by atoms with van der Waals surface area (Å²) < 4.78 is 25.5. The number of nitrogens with zero attached hydrogens (tertiary/aromatic N) is 1. The molecule has 3 nitrogen and oxygen atoms in total. The van der Waals surface area contributed by atoms with Gasteiger partial charge < -0.3 is 0 Å². The van der Waals surface area contributed by atoms with Crippen LogP contribution in [0.25, 0.3) is 0 Å². The van der Waals surface area contributed by atoms with E-state index in [-0.39, 0.29) is 17.7 Å². The summed E-state index contributed by atoms with van der Waals surface area (Å²) in [7, 11) is -4.03. The number of rotatable bonds is 6. The lowest BCUT2D eigenvalue weighted by molar-refractivity contribution is 0.549. The maximum atomic E-state index is 13.6. The van der Waals surface area contributed by atoms with Crippen molar-refractivity contribution in [3.63, 3.8) is 0 Å². The van der Waals surface area contributed by atoms with Crippen LogP contribution >= 0.6 is 34.8 Å². The first-order chi connectivity index (χ1) is 13.8. The molecule has 0 aliphatic carbocycles. The Morgan fingerprint density at radius 2 is 1.03 bits per heavy atom. The van der Waals surface area contributed by atoms with E-state index in [0.717, 1.165) is 0 Å². The molecule has 0 saturated heterocycles. The van der Waals surface area contributed by atoms with E-state index >= 15 is 0 Å². The average molecular weight is 465 g/mol. The van der Waals surface area contributed by atoms with Gasteiger partial charge in [0.05, 0.1) is 11.0 Å². The molecule has 0 saturated carbocycles. The van der Waals surface area contributed by atoms with Gasteiger partial charge in [0.2, 0.25) is 0 Å². The molecule has 0 aliphatic heterocycles. The van der Waals surface area contributed by atoms with Crippen molar-refractivity contribution in [2.24, 2.45) is 0 Å². The number of benzene rings is 3. The van der Waals surface area contributed by atoms with E-state index in [1.165, 1.54) is 24.3 Å². The summed E-state index contributed by atoms with van der Waals surface area (Å²) >= 11 is 17.8. The highest BCUT2D eigenvalue weighted by molar-refractivity contribution is 7.93. The fraction of sp³-hybridized carbons (Fsp3) is 0.136. The van der Waals surface area contributed by atoms with Crippen molar-refractivity contribution in [3.05, 3.63) is 99.0 Å². The zero-order valence-electron chi connectivity index (χ0n) is 15.1. The summed E-state index contributed by atoms with van der Waals surface area (Å²) in [6.07, 6.45) is 0.0164. The van der Waals surface area contributed by atoms with Crippen molar-refractivity contribution in [1.82, 2.24) is 0 Å². The van der Waals surface area contributed by atoms with E-state index in [0.29, 0.717) is 26.2 Å². The standard InChI is InChI=1S/C22H16Cl3NO2S/c23-18-5-1-16(2-6-18)13-22(15-26,14-17-3-7-19(24)8-4-17)29(27,28)21-11-9-20(25)10-12-21/h1-12H,13-14H2. The van der Waals surface area contributed by atoms with Gasteiger partial charge in [-0.2, -0.15) is 5.26 Å². The molecule has 0 N–H and O–H groups in total. The Kier molecular flexibility index (Phi) is 6.55. The minimum absolute atomic E-state index is 0.00819. The smallest absolute Gasteiger partial charge is 0.198 e. The molecule has 3 aromatic rings. The van der Waals surface area contributed by atoms with Crippen LogP contribution in [0, 0.1) is 11.3 Å². The van der Waals surface area contributed by atoms with Gasteiger partial charge in [-0.05, 0) is 59.7 Å². The van der Waals surface area contributed by atoms with Crippen LogP contribution in [0.4, 0.5) is 0 Å². The van der Waals surface area contributed by atoms with E-state index in [2.05, 4.69) is 6.07 Å². The second-order valence-electron chi connectivity index (χ2n) is 6.67. The molecular weight excluding hydrogens is 449 g/mol. The molecule has 7 heteroatoms. The number of hydrogen-bond acceptors (Lipinski definition) is 3. The Morgan fingerprint density at radius 3 is 1.38 bits per heavy atom. The van der Waals surface area contributed by atoms with Gasteiger partial charge in [-0.3, -0.25) is 0 Å². The van der Waals surface area contributed by atoms with E-state index in [9.17, 15) is 13.7 Å². The van der Waals surface area contributed by atoms with E-state index in [1.54, 1.807) is 48.5 Å². The lowest BCUT2D eigenvalue weighted by Gasteiger charge is -2.27. The Bertz CT molecular complexity index is 1090. The van der Waals surface area contributed by atoms with E-state index in [1.807, 2.05) is 0 Å². The van der Waals surface area contributed by atoms with Gasteiger partial charge in [-0.1, -0.05) is 59.1 Å². The van der Waals surface area contributed by atoms with Crippen LogP contribution in [-0.4, -0.2) is 13.2 Å². The number of sulfone groups is 1. The molecule has 3 rings (SSSR count). The predicted octanol–water partition coefficient (Wildman–Crippen LogP) is 6.17. The lowest BCUT2D eigenvalue weighted by atomic mass is 9.92. The topological polar surface area (TPSA) is 57.9 Å². The highest BCUT2D eigenvalue weighted by Crippen LogP contribution is 2.34.